The fourth-order valence-corrected chi connectivity index (χ4v) is 2.58. The number of hydrogen-bond donors (Lipinski definition) is 1. The molecule has 0 bridgehead atoms. The maximum atomic E-state index is 12.4. The van der Waals surface area contributed by atoms with Crippen molar-refractivity contribution in [1.29, 1.82) is 0 Å². The van der Waals surface area contributed by atoms with E-state index in [-0.39, 0.29) is 0 Å². The third kappa shape index (κ3) is 4.08. The second kappa shape index (κ2) is 5.75. The lowest BCUT2D eigenvalue weighted by atomic mass is 10.1. The predicted molar refractivity (Wildman–Crippen MR) is 71.0 cm³/mol. The Balaban J connectivity index is 1.86. The minimum Gasteiger partial charge on any atom is -0.308 e. The molecule has 0 atom stereocenters. The Hall–Kier alpha value is -1.33. The second-order valence-corrected chi connectivity index (χ2v) is 5.68. The molecule has 0 spiro atoms. The molecule has 2 rings (SSSR count). The van der Waals surface area contributed by atoms with Gasteiger partial charge in [-0.05, 0) is 36.8 Å². The van der Waals surface area contributed by atoms with E-state index >= 15 is 0 Å². The van der Waals surface area contributed by atoms with E-state index in [2.05, 4.69) is 17.4 Å². The number of aryl methyl sites for hydroxylation is 1. The van der Waals surface area contributed by atoms with Gasteiger partial charge >= 0.3 is 6.18 Å². The van der Waals surface area contributed by atoms with Crippen molar-refractivity contribution in [2.75, 3.05) is 0 Å². The third-order valence-electron chi connectivity index (χ3n) is 2.71. The molecule has 0 saturated carbocycles. The summed E-state index contributed by atoms with van der Waals surface area (Å²) in [6.45, 7) is 3.35. The van der Waals surface area contributed by atoms with Crippen LogP contribution in [0.5, 0.6) is 0 Å². The van der Waals surface area contributed by atoms with Gasteiger partial charge in [0.05, 0.1) is 5.56 Å². The van der Waals surface area contributed by atoms with E-state index in [1.54, 1.807) is 11.3 Å². The molecular weight excluding hydrogens is 271 g/mol. The highest BCUT2D eigenvalue weighted by Gasteiger charge is 2.29. The highest BCUT2D eigenvalue weighted by Crippen LogP contribution is 2.29. The molecular formula is C14H14F3NS. The van der Waals surface area contributed by atoms with Crippen LogP contribution in [0.25, 0.3) is 0 Å². The lowest BCUT2D eigenvalue weighted by molar-refractivity contribution is -0.137. The average molecular weight is 285 g/mol. The monoisotopic (exact) mass is 285 g/mol. The van der Waals surface area contributed by atoms with E-state index in [1.165, 1.54) is 21.9 Å². The van der Waals surface area contributed by atoms with Crippen LogP contribution in [-0.4, -0.2) is 0 Å². The molecule has 0 radical (unpaired) electrons. The Morgan fingerprint density at radius 3 is 2.21 bits per heavy atom. The zero-order valence-corrected chi connectivity index (χ0v) is 11.2. The van der Waals surface area contributed by atoms with Crippen LogP contribution in [-0.2, 0) is 19.3 Å². The summed E-state index contributed by atoms with van der Waals surface area (Å²) < 4.78 is 37.1. The summed E-state index contributed by atoms with van der Waals surface area (Å²) in [6.07, 6.45) is -4.26. The summed E-state index contributed by atoms with van der Waals surface area (Å²) >= 11 is 1.72. The summed E-state index contributed by atoms with van der Waals surface area (Å²) in [5, 5.41) is 3.22. The molecule has 1 N–H and O–H groups in total. The minimum atomic E-state index is -4.26. The van der Waals surface area contributed by atoms with Gasteiger partial charge in [0.1, 0.15) is 0 Å². The fraction of sp³-hybridized carbons (Fsp3) is 0.286. The summed E-state index contributed by atoms with van der Waals surface area (Å²) in [5.41, 5.74) is 0.242. The molecule has 0 aliphatic heterocycles. The number of alkyl halides is 3. The standard InChI is InChI=1S/C14H14F3NS/c1-10-2-7-13(19-10)9-18-8-11-3-5-12(6-4-11)14(15,16)17/h2-7,18H,8-9H2,1H3. The highest BCUT2D eigenvalue weighted by atomic mass is 32.1. The van der Waals surface area contributed by atoms with Gasteiger partial charge in [-0.3, -0.25) is 0 Å². The van der Waals surface area contributed by atoms with Crippen molar-refractivity contribution >= 4 is 11.3 Å². The van der Waals surface area contributed by atoms with E-state index in [4.69, 9.17) is 0 Å². The van der Waals surface area contributed by atoms with Gasteiger partial charge in [0, 0.05) is 22.8 Å². The van der Waals surface area contributed by atoms with Crippen molar-refractivity contribution in [3.8, 4) is 0 Å². The summed E-state index contributed by atoms with van der Waals surface area (Å²) in [5.74, 6) is 0. The SMILES string of the molecule is Cc1ccc(CNCc2ccc(C(F)(F)F)cc2)s1. The van der Waals surface area contributed by atoms with Crippen LogP contribution in [0, 0.1) is 6.92 Å². The van der Waals surface area contributed by atoms with E-state index in [0.717, 1.165) is 24.2 Å². The topological polar surface area (TPSA) is 12.0 Å². The largest absolute Gasteiger partial charge is 0.416 e. The fourth-order valence-electron chi connectivity index (χ4n) is 1.72. The molecule has 5 heteroatoms. The van der Waals surface area contributed by atoms with Gasteiger partial charge in [-0.2, -0.15) is 13.2 Å². The lowest BCUT2D eigenvalue weighted by Gasteiger charge is -2.08. The van der Waals surface area contributed by atoms with Gasteiger partial charge in [0.15, 0.2) is 0 Å². The highest BCUT2D eigenvalue weighted by molar-refractivity contribution is 7.11. The molecule has 19 heavy (non-hydrogen) atoms. The van der Waals surface area contributed by atoms with Crippen molar-refractivity contribution in [3.05, 3.63) is 57.3 Å². The first kappa shape index (κ1) is 14.1. The van der Waals surface area contributed by atoms with Crippen LogP contribution in [0.4, 0.5) is 13.2 Å². The minimum absolute atomic E-state index is 0.565. The van der Waals surface area contributed by atoms with Crippen LogP contribution in [0.3, 0.4) is 0 Å². The molecule has 0 fully saturated rings. The quantitative estimate of drug-likeness (QED) is 0.880. The van der Waals surface area contributed by atoms with Gasteiger partial charge in [-0.1, -0.05) is 12.1 Å². The first-order chi connectivity index (χ1) is 8.95. The molecule has 1 nitrogen and oxygen atoms in total. The van der Waals surface area contributed by atoms with Gasteiger partial charge in [0.25, 0.3) is 0 Å². The van der Waals surface area contributed by atoms with Crippen LogP contribution < -0.4 is 5.32 Å². The molecule has 0 saturated heterocycles. The Morgan fingerprint density at radius 1 is 1.00 bits per heavy atom. The Kier molecular flexibility index (Phi) is 4.27. The first-order valence-electron chi connectivity index (χ1n) is 5.87. The van der Waals surface area contributed by atoms with Crippen molar-refractivity contribution in [2.24, 2.45) is 0 Å². The zero-order valence-electron chi connectivity index (χ0n) is 10.4. The molecule has 102 valence electrons. The van der Waals surface area contributed by atoms with Crippen LogP contribution in [0.1, 0.15) is 20.9 Å². The molecule has 1 heterocycles. The smallest absolute Gasteiger partial charge is 0.308 e. The number of nitrogens with one attached hydrogen (secondary N) is 1. The average Bonchev–Trinajstić information content (AvgIpc) is 2.75. The van der Waals surface area contributed by atoms with Crippen molar-refractivity contribution in [3.63, 3.8) is 0 Å². The normalized spacial score (nSPS) is 11.8. The molecule has 2 aromatic rings. The number of benzene rings is 1. The van der Waals surface area contributed by atoms with Crippen LogP contribution in [0.15, 0.2) is 36.4 Å². The number of halogens is 3. The Morgan fingerprint density at radius 2 is 1.68 bits per heavy atom. The van der Waals surface area contributed by atoms with Crippen molar-refractivity contribution in [1.82, 2.24) is 5.32 Å². The molecule has 0 aliphatic rings. The molecule has 1 aromatic heterocycles. The van der Waals surface area contributed by atoms with Gasteiger partial charge in [-0.25, -0.2) is 0 Å². The molecule has 1 aromatic carbocycles. The summed E-state index contributed by atoms with van der Waals surface area (Å²) in [4.78, 5) is 2.48. The Bertz CT molecular complexity index is 528. The van der Waals surface area contributed by atoms with Crippen LogP contribution in [0.2, 0.25) is 0 Å². The summed E-state index contributed by atoms with van der Waals surface area (Å²) in [7, 11) is 0. The van der Waals surface area contributed by atoms with Gasteiger partial charge < -0.3 is 5.32 Å². The summed E-state index contributed by atoms with van der Waals surface area (Å²) in [6, 6.07) is 9.36. The van der Waals surface area contributed by atoms with E-state index in [0.29, 0.717) is 6.54 Å². The Labute approximate surface area is 114 Å². The number of rotatable bonds is 4. The molecule has 0 amide bonds. The van der Waals surface area contributed by atoms with E-state index in [9.17, 15) is 13.2 Å². The third-order valence-corrected chi connectivity index (χ3v) is 3.71. The zero-order chi connectivity index (χ0) is 13.9. The maximum Gasteiger partial charge on any atom is 0.416 e. The van der Waals surface area contributed by atoms with Crippen molar-refractivity contribution < 1.29 is 13.2 Å². The number of hydrogen-bond acceptors (Lipinski definition) is 2. The molecule has 0 unspecified atom stereocenters. The van der Waals surface area contributed by atoms with E-state index < -0.39 is 11.7 Å². The first-order valence-corrected chi connectivity index (χ1v) is 6.69. The van der Waals surface area contributed by atoms with Gasteiger partial charge in [0.2, 0.25) is 0 Å². The van der Waals surface area contributed by atoms with Gasteiger partial charge in [-0.15, -0.1) is 11.3 Å². The van der Waals surface area contributed by atoms with Crippen LogP contribution >= 0.6 is 11.3 Å². The number of thiophene rings is 1. The van der Waals surface area contributed by atoms with E-state index in [1.807, 2.05) is 6.92 Å². The predicted octanol–water partition coefficient (Wildman–Crippen LogP) is 4.37. The lowest BCUT2D eigenvalue weighted by Crippen LogP contribution is -2.12. The van der Waals surface area contributed by atoms with Crippen molar-refractivity contribution in [2.45, 2.75) is 26.2 Å². The maximum absolute atomic E-state index is 12.4. The second-order valence-electron chi connectivity index (χ2n) is 4.31. The molecule has 0 aliphatic carbocycles.